The van der Waals surface area contributed by atoms with Crippen molar-refractivity contribution in [2.75, 3.05) is 31.1 Å². The number of piperazine rings is 1. The lowest BCUT2D eigenvalue weighted by Crippen LogP contribution is -2.48. The zero-order valence-corrected chi connectivity index (χ0v) is 17.6. The molecule has 1 atom stereocenters. The lowest BCUT2D eigenvalue weighted by molar-refractivity contribution is -0.136. The van der Waals surface area contributed by atoms with Gasteiger partial charge in [-0.05, 0) is 43.3 Å². The number of benzene rings is 2. The Labute approximate surface area is 178 Å². The van der Waals surface area contributed by atoms with Gasteiger partial charge in [-0.25, -0.2) is 0 Å². The van der Waals surface area contributed by atoms with Crippen molar-refractivity contribution >= 4 is 52.5 Å². The number of carbonyl (C=O) groups excluding carboxylic acids is 1. The minimum Gasteiger partial charge on any atom is -0.480 e. The van der Waals surface area contributed by atoms with Crippen LogP contribution in [0.5, 0.6) is 0 Å². The SMILES string of the molecule is CC(Sc1ccc(C(=O)N2CCN(c3cccc(Cl)c3)CC2)cc1Cl)C(=O)O. The number of carbonyl (C=O) groups is 2. The van der Waals surface area contributed by atoms with Gasteiger partial charge in [0, 0.05) is 47.3 Å². The molecule has 0 aliphatic carbocycles. The maximum Gasteiger partial charge on any atom is 0.316 e. The van der Waals surface area contributed by atoms with Crippen LogP contribution in [-0.4, -0.2) is 53.3 Å². The number of aliphatic carboxylic acids is 1. The Morgan fingerprint density at radius 2 is 1.79 bits per heavy atom. The highest BCUT2D eigenvalue weighted by atomic mass is 35.5. The molecule has 2 aromatic rings. The first-order chi connectivity index (χ1) is 13.3. The Hall–Kier alpha value is -1.89. The van der Waals surface area contributed by atoms with Crippen LogP contribution in [0.3, 0.4) is 0 Å². The van der Waals surface area contributed by atoms with E-state index in [2.05, 4.69) is 4.90 Å². The molecule has 1 amide bonds. The molecule has 1 N–H and O–H groups in total. The van der Waals surface area contributed by atoms with Crippen LogP contribution in [0.1, 0.15) is 17.3 Å². The van der Waals surface area contributed by atoms with E-state index in [9.17, 15) is 9.59 Å². The van der Waals surface area contributed by atoms with E-state index in [1.165, 1.54) is 0 Å². The van der Waals surface area contributed by atoms with E-state index in [4.69, 9.17) is 28.3 Å². The van der Waals surface area contributed by atoms with E-state index >= 15 is 0 Å². The number of anilines is 1. The molecule has 3 rings (SSSR count). The largest absolute Gasteiger partial charge is 0.480 e. The second-order valence-electron chi connectivity index (χ2n) is 6.50. The number of hydrogen-bond donors (Lipinski definition) is 1. The third kappa shape index (κ3) is 4.93. The van der Waals surface area contributed by atoms with Gasteiger partial charge in [0.1, 0.15) is 5.25 Å². The standard InChI is InChI=1S/C20H20Cl2N2O3S/c1-13(20(26)27)28-18-6-5-14(11-17(18)22)19(25)24-9-7-23(8-10-24)16-4-2-3-15(21)12-16/h2-6,11-13H,7-10H2,1H3,(H,26,27). The van der Waals surface area contributed by atoms with Gasteiger partial charge in [-0.1, -0.05) is 29.3 Å². The summed E-state index contributed by atoms with van der Waals surface area (Å²) in [5.74, 6) is -0.978. The van der Waals surface area contributed by atoms with E-state index < -0.39 is 11.2 Å². The number of carboxylic acid groups (broad SMARTS) is 1. The molecule has 1 aliphatic heterocycles. The van der Waals surface area contributed by atoms with Crippen molar-refractivity contribution in [1.82, 2.24) is 4.90 Å². The molecule has 0 radical (unpaired) electrons. The molecule has 8 heteroatoms. The van der Waals surface area contributed by atoms with Crippen LogP contribution in [0.4, 0.5) is 5.69 Å². The van der Waals surface area contributed by atoms with Crippen molar-refractivity contribution in [2.45, 2.75) is 17.1 Å². The zero-order valence-electron chi connectivity index (χ0n) is 15.3. The van der Waals surface area contributed by atoms with Gasteiger partial charge in [0.15, 0.2) is 0 Å². The monoisotopic (exact) mass is 438 g/mol. The van der Waals surface area contributed by atoms with Gasteiger partial charge in [0.05, 0.1) is 5.02 Å². The van der Waals surface area contributed by atoms with Gasteiger partial charge in [-0.15, -0.1) is 11.8 Å². The smallest absolute Gasteiger partial charge is 0.316 e. The fraction of sp³-hybridized carbons (Fsp3) is 0.300. The van der Waals surface area contributed by atoms with Crippen LogP contribution in [0.2, 0.25) is 10.0 Å². The fourth-order valence-electron chi connectivity index (χ4n) is 2.99. The van der Waals surface area contributed by atoms with Gasteiger partial charge >= 0.3 is 5.97 Å². The Bertz CT molecular complexity index is 886. The molecule has 0 bridgehead atoms. The van der Waals surface area contributed by atoms with E-state index in [1.807, 2.05) is 24.3 Å². The topological polar surface area (TPSA) is 60.9 Å². The highest BCUT2D eigenvalue weighted by molar-refractivity contribution is 8.00. The number of halogens is 2. The summed E-state index contributed by atoms with van der Waals surface area (Å²) in [6.07, 6.45) is 0. The summed E-state index contributed by atoms with van der Waals surface area (Å²) in [4.78, 5) is 28.5. The molecule has 2 aromatic carbocycles. The van der Waals surface area contributed by atoms with Gasteiger partial charge in [-0.2, -0.15) is 0 Å². The summed E-state index contributed by atoms with van der Waals surface area (Å²) in [5.41, 5.74) is 1.56. The van der Waals surface area contributed by atoms with Crippen molar-refractivity contribution in [1.29, 1.82) is 0 Å². The predicted molar refractivity (Wildman–Crippen MR) is 114 cm³/mol. The average Bonchev–Trinajstić information content (AvgIpc) is 2.69. The molecular weight excluding hydrogens is 419 g/mol. The number of rotatable bonds is 5. The minimum absolute atomic E-state index is 0.0736. The average molecular weight is 439 g/mol. The highest BCUT2D eigenvalue weighted by Gasteiger charge is 2.23. The van der Waals surface area contributed by atoms with Crippen LogP contribution < -0.4 is 4.90 Å². The van der Waals surface area contributed by atoms with Crippen molar-refractivity contribution < 1.29 is 14.7 Å². The van der Waals surface area contributed by atoms with E-state index in [-0.39, 0.29) is 5.91 Å². The first-order valence-corrected chi connectivity index (χ1v) is 10.5. The highest BCUT2D eigenvalue weighted by Crippen LogP contribution is 2.31. The van der Waals surface area contributed by atoms with Crippen molar-refractivity contribution in [3.63, 3.8) is 0 Å². The first kappa shape index (κ1) is 20.8. The third-order valence-corrected chi connectivity index (χ3v) is 6.40. The van der Waals surface area contributed by atoms with Gasteiger partial charge < -0.3 is 14.9 Å². The van der Waals surface area contributed by atoms with Crippen molar-refractivity contribution in [2.24, 2.45) is 0 Å². The number of carboxylic acids is 1. The van der Waals surface area contributed by atoms with Crippen LogP contribution in [0, 0.1) is 0 Å². The molecule has 1 unspecified atom stereocenters. The third-order valence-electron chi connectivity index (χ3n) is 4.57. The molecule has 1 aliphatic rings. The first-order valence-electron chi connectivity index (χ1n) is 8.84. The molecule has 0 saturated carbocycles. The minimum atomic E-state index is -0.904. The molecule has 1 fully saturated rings. The lowest BCUT2D eigenvalue weighted by Gasteiger charge is -2.36. The van der Waals surface area contributed by atoms with E-state index in [0.29, 0.717) is 33.6 Å². The second-order valence-corrected chi connectivity index (χ2v) is 8.73. The van der Waals surface area contributed by atoms with Crippen LogP contribution in [0.15, 0.2) is 47.4 Å². The molecule has 0 spiro atoms. The summed E-state index contributed by atoms with van der Waals surface area (Å²) >= 11 is 13.5. The summed E-state index contributed by atoms with van der Waals surface area (Å²) in [6, 6.07) is 12.7. The summed E-state index contributed by atoms with van der Waals surface area (Å²) in [7, 11) is 0. The van der Waals surface area contributed by atoms with Gasteiger partial charge in [-0.3, -0.25) is 9.59 Å². The fourth-order valence-corrected chi connectivity index (χ4v) is 4.29. The quantitative estimate of drug-likeness (QED) is 0.695. The maximum atomic E-state index is 12.8. The Kier molecular flexibility index (Phi) is 6.75. The molecule has 0 aromatic heterocycles. The van der Waals surface area contributed by atoms with Crippen LogP contribution in [0.25, 0.3) is 0 Å². The Balaban J connectivity index is 1.63. The summed E-state index contributed by atoms with van der Waals surface area (Å²) < 4.78 is 0. The maximum absolute atomic E-state index is 12.8. The summed E-state index contributed by atoms with van der Waals surface area (Å²) in [6.45, 7) is 4.26. The molecule has 5 nitrogen and oxygen atoms in total. The summed E-state index contributed by atoms with van der Waals surface area (Å²) in [5, 5.41) is 9.50. The molecule has 28 heavy (non-hydrogen) atoms. The normalized spacial score (nSPS) is 15.4. The zero-order chi connectivity index (χ0) is 20.3. The number of amides is 1. The molecular formula is C20H20Cl2N2O3S. The number of nitrogens with zero attached hydrogens (tertiary/aromatic N) is 2. The lowest BCUT2D eigenvalue weighted by atomic mass is 10.1. The van der Waals surface area contributed by atoms with E-state index in [1.54, 1.807) is 30.0 Å². The van der Waals surface area contributed by atoms with Crippen LogP contribution in [-0.2, 0) is 4.79 Å². The number of hydrogen-bond acceptors (Lipinski definition) is 4. The van der Waals surface area contributed by atoms with Crippen LogP contribution >= 0.6 is 35.0 Å². The molecule has 148 valence electrons. The van der Waals surface area contributed by atoms with Crippen molar-refractivity contribution in [3.8, 4) is 0 Å². The Morgan fingerprint density at radius 1 is 1.07 bits per heavy atom. The number of thioether (sulfide) groups is 1. The molecule has 1 saturated heterocycles. The second kappa shape index (κ2) is 9.07. The van der Waals surface area contributed by atoms with Gasteiger partial charge in [0.2, 0.25) is 0 Å². The Morgan fingerprint density at radius 3 is 2.39 bits per heavy atom. The van der Waals surface area contributed by atoms with Gasteiger partial charge in [0.25, 0.3) is 5.91 Å². The van der Waals surface area contributed by atoms with Crippen molar-refractivity contribution in [3.05, 3.63) is 58.1 Å². The predicted octanol–water partition coefficient (Wildman–Crippen LogP) is 4.52. The molecule has 1 heterocycles. The van der Waals surface area contributed by atoms with E-state index in [0.717, 1.165) is 30.5 Å².